The monoisotopic (exact) mass is 308 g/mol. The third kappa shape index (κ3) is 4.67. The summed E-state index contributed by atoms with van der Waals surface area (Å²) in [7, 11) is 0. The Morgan fingerprint density at radius 1 is 1.10 bits per heavy atom. The second kappa shape index (κ2) is 6.81. The zero-order chi connectivity index (χ0) is 15.5. The summed E-state index contributed by atoms with van der Waals surface area (Å²) < 4.78 is 40.6. The average molecular weight is 309 g/mol. The minimum Gasteiger partial charge on any atom is -0.372 e. The van der Waals surface area contributed by atoms with Gasteiger partial charge in [0.05, 0.1) is 5.38 Å². The van der Waals surface area contributed by atoms with E-state index in [1.807, 2.05) is 27.7 Å². The molecule has 0 aliphatic rings. The molecule has 1 atom stereocenters. The lowest BCUT2D eigenvalue weighted by Crippen LogP contribution is -2.18. The van der Waals surface area contributed by atoms with E-state index in [0.29, 0.717) is 6.42 Å². The van der Waals surface area contributed by atoms with E-state index in [9.17, 15) is 13.2 Å². The second-order valence-electron chi connectivity index (χ2n) is 5.10. The van der Waals surface area contributed by atoms with Crippen molar-refractivity contribution in [1.82, 2.24) is 0 Å². The third-order valence-electron chi connectivity index (χ3n) is 3.52. The van der Waals surface area contributed by atoms with E-state index in [0.717, 1.165) is 27.8 Å². The van der Waals surface area contributed by atoms with Crippen molar-refractivity contribution in [2.45, 2.75) is 45.7 Å². The molecule has 0 saturated carbocycles. The summed E-state index contributed by atoms with van der Waals surface area (Å²) in [6, 6.07) is 2.10. The van der Waals surface area contributed by atoms with Crippen molar-refractivity contribution in [3.8, 4) is 0 Å². The van der Waals surface area contributed by atoms with Crippen LogP contribution in [0.1, 0.15) is 39.6 Å². The molecule has 0 aliphatic heterocycles. The number of hydrogen-bond donors (Lipinski definition) is 0. The number of alkyl halides is 4. The quantitative estimate of drug-likeness (QED) is 0.538. The first-order valence-corrected chi connectivity index (χ1v) is 6.93. The van der Waals surface area contributed by atoms with E-state index in [1.54, 1.807) is 0 Å². The topological polar surface area (TPSA) is 9.23 Å². The number of ether oxygens (including phenoxy) is 1. The molecule has 1 aromatic carbocycles. The highest BCUT2D eigenvalue weighted by atomic mass is 35.5. The molecule has 0 radical (unpaired) electrons. The first kappa shape index (κ1) is 17.3. The molecule has 0 aromatic heterocycles. The van der Waals surface area contributed by atoms with Crippen LogP contribution in [0.4, 0.5) is 13.2 Å². The third-order valence-corrected chi connectivity index (χ3v) is 3.96. The summed E-state index contributed by atoms with van der Waals surface area (Å²) >= 11 is 6.35. The largest absolute Gasteiger partial charge is 0.411 e. The maximum absolute atomic E-state index is 12.0. The number of benzene rings is 1. The lowest BCUT2D eigenvalue weighted by molar-refractivity contribution is -0.174. The van der Waals surface area contributed by atoms with Gasteiger partial charge in [0.15, 0.2) is 0 Å². The van der Waals surface area contributed by atoms with Crippen LogP contribution < -0.4 is 0 Å². The Kier molecular flexibility index (Phi) is 5.90. The summed E-state index contributed by atoms with van der Waals surface area (Å²) in [5.41, 5.74) is 5.50. The fraction of sp³-hybridized carbons (Fsp3) is 0.600. The second-order valence-corrected chi connectivity index (χ2v) is 5.62. The van der Waals surface area contributed by atoms with Crippen LogP contribution in [0.25, 0.3) is 0 Å². The number of aryl methyl sites for hydroxylation is 2. The predicted molar refractivity (Wildman–Crippen MR) is 75.5 cm³/mol. The van der Waals surface area contributed by atoms with Gasteiger partial charge in [0.1, 0.15) is 6.61 Å². The molecule has 0 heterocycles. The molecule has 0 amide bonds. The Morgan fingerprint density at radius 3 is 2.05 bits per heavy atom. The fourth-order valence-corrected chi connectivity index (χ4v) is 2.65. The minimum absolute atomic E-state index is 0.000450. The molecule has 0 bridgehead atoms. The Balaban J connectivity index is 2.71. The van der Waals surface area contributed by atoms with Gasteiger partial charge in [-0.05, 0) is 61.9 Å². The van der Waals surface area contributed by atoms with E-state index in [1.165, 1.54) is 0 Å². The zero-order valence-corrected chi connectivity index (χ0v) is 13.0. The van der Waals surface area contributed by atoms with Crippen LogP contribution >= 0.6 is 11.6 Å². The van der Waals surface area contributed by atoms with Gasteiger partial charge in [0, 0.05) is 6.61 Å². The fourth-order valence-electron chi connectivity index (χ4n) is 2.24. The molecule has 0 saturated heterocycles. The number of halogens is 4. The van der Waals surface area contributed by atoms with Gasteiger partial charge in [-0.15, -0.1) is 11.6 Å². The molecule has 114 valence electrons. The summed E-state index contributed by atoms with van der Waals surface area (Å²) in [5, 5.41) is -0.332. The van der Waals surface area contributed by atoms with E-state index < -0.39 is 12.8 Å². The van der Waals surface area contributed by atoms with Gasteiger partial charge in [-0.2, -0.15) is 13.2 Å². The lowest BCUT2D eigenvalue weighted by Gasteiger charge is -2.20. The Labute approximate surface area is 123 Å². The van der Waals surface area contributed by atoms with Gasteiger partial charge in [-0.3, -0.25) is 0 Å². The molecule has 1 nitrogen and oxygen atoms in total. The van der Waals surface area contributed by atoms with Crippen LogP contribution in [0.5, 0.6) is 0 Å². The maximum atomic E-state index is 12.0. The van der Waals surface area contributed by atoms with Crippen molar-refractivity contribution in [2.24, 2.45) is 0 Å². The predicted octanol–water partition coefficient (Wildman–Crippen LogP) is 5.17. The van der Waals surface area contributed by atoms with Crippen molar-refractivity contribution in [2.75, 3.05) is 13.2 Å². The SMILES string of the molecule is Cc1cc(C)c(C)c(C(Cl)CCOCC(F)(F)F)c1C. The molecule has 0 N–H and O–H groups in total. The highest BCUT2D eigenvalue weighted by Gasteiger charge is 2.27. The van der Waals surface area contributed by atoms with Crippen LogP contribution in [-0.2, 0) is 4.74 Å². The van der Waals surface area contributed by atoms with E-state index in [2.05, 4.69) is 10.8 Å². The molecular weight excluding hydrogens is 289 g/mol. The van der Waals surface area contributed by atoms with Gasteiger partial charge in [0.2, 0.25) is 0 Å². The molecule has 1 unspecified atom stereocenters. The highest BCUT2D eigenvalue weighted by Crippen LogP contribution is 2.33. The lowest BCUT2D eigenvalue weighted by atomic mass is 9.91. The van der Waals surface area contributed by atoms with Crippen LogP contribution in [0, 0.1) is 27.7 Å². The Morgan fingerprint density at radius 2 is 1.60 bits per heavy atom. The van der Waals surface area contributed by atoms with Gasteiger partial charge in [-0.25, -0.2) is 0 Å². The molecule has 1 rings (SSSR count). The van der Waals surface area contributed by atoms with Gasteiger partial charge >= 0.3 is 6.18 Å². The van der Waals surface area contributed by atoms with Crippen LogP contribution in [-0.4, -0.2) is 19.4 Å². The minimum atomic E-state index is -4.28. The van der Waals surface area contributed by atoms with Crippen molar-refractivity contribution in [3.05, 3.63) is 33.9 Å². The molecule has 1 aromatic rings. The number of rotatable bonds is 5. The standard InChI is InChI=1S/C15H20ClF3O/c1-9-7-10(2)12(4)14(11(9)3)13(16)5-6-20-8-15(17,18)19/h7,13H,5-6,8H2,1-4H3. The van der Waals surface area contributed by atoms with E-state index in [-0.39, 0.29) is 12.0 Å². The normalized spacial score (nSPS) is 13.6. The first-order valence-electron chi connectivity index (χ1n) is 6.49. The first-order chi connectivity index (χ1) is 9.13. The smallest absolute Gasteiger partial charge is 0.372 e. The summed E-state index contributed by atoms with van der Waals surface area (Å²) in [6.45, 7) is 6.77. The molecular formula is C15H20ClF3O. The summed E-state index contributed by atoms with van der Waals surface area (Å²) in [6.07, 6.45) is -3.92. The summed E-state index contributed by atoms with van der Waals surface area (Å²) in [5.74, 6) is 0. The average Bonchev–Trinajstić information content (AvgIpc) is 2.31. The van der Waals surface area contributed by atoms with Crippen molar-refractivity contribution < 1.29 is 17.9 Å². The molecule has 5 heteroatoms. The Hall–Kier alpha value is -0.740. The van der Waals surface area contributed by atoms with Gasteiger partial charge in [0.25, 0.3) is 0 Å². The van der Waals surface area contributed by atoms with Crippen molar-refractivity contribution >= 4 is 11.6 Å². The summed E-state index contributed by atoms with van der Waals surface area (Å²) in [4.78, 5) is 0. The molecule has 0 fully saturated rings. The molecule has 20 heavy (non-hydrogen) atoms. The van der Waals surface area contributed by atoms with Crippen LogP contribution in [0.2, 0.25) is 0 Å². The number of hydrogen-bond acceptors (Lipinski definition) is 1. The zero-order valence-electron chi connectivity index (χ0n) is 12.2. The van der Waals surface area contributed by atoms with Crippen molar-refractivity contribution in [3.63, 3.8) is 0 Å². The highest BCUT2D eigenvalue weighted by molar-refractivity contribution is 6.21. The van der Waals surface area contributed by atoms with Crippen LogP contribution in [0.15, 0.2) is 6.07 Å². The van der Waals surface area contributed by atoms with E-state index in [4.69, 9.17) is 11.6 Å². The van der Waals surface area contributed by atoms with Crippen molar-refractivity contribution in [1.29, 1.82) is 0 Å². The van der Waals surface area contributed by atoms with E-state index >= 15 is 0 Å². The van der Waals surface area contributed by atoms with Crippen LogP contribution in [0.3, 0.4) is 0 Å². The maximum Gasteiger partial charge on any atom is 0.411 e. The van der Waals surface area contributed by atoms with Gasteiger partial charge < -0.3 is 4.74 Å². The molecule has 0 spiro atoms. The van der Waals surface area contributed by atoms with Gasteiger partial charge in [-0.1, -0.05) is 6.07 Å². The molecule has 0 aliphatic carbocycles. The Bertz CT molecular complexity index is 443.